The summed E-state index contributed by atoms with van der Waals surface area (Å²) in [6.07, 6.45) is 3.66. The van der Waals surface area contributed by atoms with Gasteiger partial charge in [0.2, 0.25) is 0 Å². The van der Waals surface area contributed by atoms with Gasteiger partial charge in [0.1, 0.15) is 0 Å². The van der Waals surface area contributed by atoms with Gasteiger partial charge in [0.05, 0.1) is 28.6 Å². The highest BCUT2D eigenvalue weighted by atomic mass is 32.2. The number of likely N-dealkylation sites (tertiary alicyclic amines) is 1. The van der Waals surface area contributed by atoms with Crippen molar-refractivity contribution in [1.82, 2.24) is 9.80 Å². The third-order valence-corrected chi connectivity index (χ3v) is 8.67. The van der Waals surface area contributed by atoms with Crippen molar-refractivity contribution in [2.75, 3.05) is 43.4 Å². The third kappa shape index (κ3) is 4.72. The number of fused-ring (bicyclic) bond motifs is 2. The van der Waals surface area contributed by atoms with E-state index in [4.69, 9.17) is 4.74 Å². The molecule has 5 nitrogen and oxygen atoms in total. The molecular formula is C18H34N2O3S2. The molecule has 0 aromatic carbocycles. The molecule has 3 aliphatic heterocycles. The molecule has 2 bridgehead atoms. The van der Waals surface area contributed by atoms with Gasteiger partial charge < -0.3 is 4.74 Å². The predicted molar refractivity (Wildman–Crippen MR) is 105 cm³/mol. The van der Waals surface area contributed by atoms with Crippen molar-refractivity contribution in [2.45, 2.75) is 69.6 Å². The lowest BCUT2D eigenvalue weighted by atomic mass is 9.93. The number of morpholine rings is 1. The Balaban J connectivity index is 1.71. The van der Waals surface area contributed by atoms with Crippen LogP contribution in [0.15, 0.2) is 0 Å². The first kappa shape index (κ1) is 19.9. The fourth-order valence-corrected chi connectivity index (χ4v) is 6.80. The summed E-state index contributed by atoms with van der Waals surface area (Å²) in [6.45, 7) is 12.4. The zero-order valence-corrected chi connectivity index (χ0v) is 17.8. The molecule has 0 spiro atoms. The minimum atomic E-state index is -2.83. The van der Waals surface area contributed by atoms with Gasteiger partial charge in [-0.3, -0.25) is 9.80 Å². The van der Waals surface area contributed by atoms with Crippen LogP contribution in [0.3, 0.4) is 0 Å². The van der Waals surface area contributed by atoms with Crippen LogP contribution in [-0.4, -0.2) is 84.3 Å². The highest BCUT2D eigenvalue weighted by Gasteiger charge is 2.49. The Morgan fingerprint density at radius 1 is 1.28 bits per heavy atom. The quantitative estimate of drug-likeness (QED) is 0.717. The molecule has 25 heavy (non-hydrogen) atoms. The zero-order valence-electron chi connectivity index (χ0n) is 16.2. The molecule has 3 fully saturated rings. The maximum absolute atomic E-state index is 11.8. The summed E-state index contributed by atoms with van der Waals surface area (Å²) in [5.74, 6) is 1.66. The molecule has 0 aromatic rings. The van der Waals surface area contributed by atoms with Gasteiger partial charge >= 0.3 is 0 Å². The normalized spacial score (nSPS) is 35.0. The minimum absolute atomic E-state index is 0.0562. The number of ether oxygens (including phenoxy) is 1. The van der Waals surface area contributed by atoms with Gasteiger partial charge in [0.15, 0.2) is 9.84 Å². The van der Waals surface area contributed by atoms with E-state index in [9.17, 15) is 8.42 Å². The second-order valence-electron chi connectivity index (χ2n) is 8.81. The van der Waals surface area contributed by atoms with Crippen LogP contribution in [0.5, 0.6) is 0 Å². The zero-order chi connectivity index (χ0) is 18.3. The number of nitrogens with zero attached hydrogens (tertiary/aromatic N) is 2. The Morgan fingerprint density at radius 3 is 2.56 bits per heavy atom. The second kappa shape index (κ2) is 7.30. The fraction of sp³-hybridized carbons (Fsp3) is 1.00. The first-order valence-electron chi connectivity index (χ1n) is 9.61. The second-order valence-corrected chi connectivity index (χ2v) is 12.6. The molecule has 3 rings (SSSR count). The molecule has 3 saturated heterocycles. The summed E-state index contributed by atoms with van der Waals surface area (Å²) in [5.41, 5.74) is 0.115. The molecule has 146 valence electrons. The lowest BCUT2D eigenvalue weighted by Gasteiger charge is -2.48. The molecule has 7 heteroatoms. The minimum Gasteiger partial charge on any atom is -0.369 e. The number of hydrogen-bond donors (Lipinski definition) is 0. The predicted octanol–water partition coefficient (Wildman–Crippen LogP) is 2.22. The van der Waals surface area contributed by atoms with Gasteiger partial charge in [-0.05, 0) is 39.4 Å². The molecule has 3 heterocycles. The van der Waals surface area contributed by atoms with Crippen LogP contribution in [0, 0.1) is 0 Å². The van der Waals surface area contributed by atoms with Crippen molar-refractivity contribution >= 4 is 21.6 Å². The lowest BCUT2D eigenvalue weighted by molar-refractivity contribution is -0.135. The largest absolute Gasteiger partial charge is 0.369 e. The first-order chi connectivity index (χ1) is 11.6. The molecule has 0 amide bonds. The summed E-state index contributed by atoms with van der Waals surface area (Å²) in [7, 11) is -2.83. The van der Waals surface area contributed by atoms with Crippen LogP contribution < -0.4 is 0 Å². The third-order valence-electron chi connectivity index (χ3n) is 5.88. The fourth-order valence-electron chi connectivity index (χ4n) is 4.34. The molecule has 3 unspecified atom stereocenters. The Labute approximate surface area is 157 Å². The van der Waals surface area contributed by atoms with E-state index in [2.05, 4.69) is 37.5 Å². The summed E-state index contributed by atoms with van der Waals surface area (Å²) in [6, 6.07) is 0. The molecule has 3 atom stereocenters. The average Bonchev–Trinajstić information content (AvgIpc) is 2.80. The van der Waals surface area contributed by atoms with E-state index in [0.717, 1.165) is 38.1 Å². The van der Waals surface area contributed by atoms with Crippen molar-refractivity contribution in [3.05, 3.63) is 0 Å². The Bertz CT molecular complexity index is 561. The highest BCUT2D eigenvalue weighted by Crippen LogP contribution is 2.43. The number of rotatable bonds is 5. The van der Waals surface area contributed by atoms with Crippen LogP contribution in [0.2, 0.25) is 0 Å². The van der Waals surface area contributed by atoms with E-state index in [1.807, 2.05) is 11.8 Å². The average molecular weight is 391 g/mol. The van der Waals surface area contributed by atoms with Gasteiger partial charge in [0.25, 0.3) is 0 Å². The van der Waals surface area contributed by atoms with Crippen molar-refractivity contribution in [2.24, 2.45) is 0 Å². The smallest absolute Gasteiger partial charge is 0.152 e. The number of hydrogen-bond acceptors (Lipinski definition) is 6. The molecule has 0 saturated carbocycles. The van der Waals surface area contributed by atoms with Crippen LogP contribution in [0.4, 0.5) is 0 Å². The standard InChI is InChI=1S/C18H34N2O3S2/c1-5-24-16(19-8-10-25(21,22)11-9-19)12-18-7-6-15(23-18)13-20(14-18)17(2,3)4/h15-16H,5-14H2,1-4H3. The van der Waals surface area contributed by atoms with E-state index in [1.165, 1.54) is 0 Å². The maximum atomic E-state index is 11.8. The molecule has 3 aliphatic rings. The lowest BCUT2D eigenvalue weighted by Crippen LogP contribution is -2.58. The van der Waals surface area contributed by atoms with Crippen molar-refractivity contribution in [1.29, 1.82) is 0 Å². The van der Waals surface area contributed by atoms with Crippen LogP contribution >= 0.6 is 11.8 Å². The summed E-state index contributed by atoms with van der Waals surface area (Å²) in [5, 5.41) is 0.360. The molecule has 0 aliphatic carbocycles. The van der Waals surface area contributed by atoms with Crippen molar-refractivity contribution in [3.63, 3.8) is 0 Å². The van der Waals surface area contributed by atoms with E-state index >= 15 is 0 Å². The first-order valence-corrected chi connectivity index (χ1v) is 12.5. The van der Waals surface area contributed by atoms with Gasteiger partial charge in [-0.1, -0.05) is 6.92 Å². The molecule has 0 aromatic heterocycles. The van der Waals surface area contributed by atoms with Gasteiger partial charge in [0, 0.05) is 38.1 Å². The van der Waals surface area contributed by atoms with Crippen LogP contribution in [0.1, 0.15) is 47.0 Å². The van der Waals surface area contributed by atoms with Crippen molar-refractivity contribution < 1.29 is 13.2 Å². The van der Waals surface area contributed by atoms with Crippen LogP contribution in [-0.2, 0) is 14.6 Å². The van der Waals surface area contributed by atoms with Gasteiger partial charge in [-0.25, -0.2) is 8.42 Å². The summed E-state index contributed by atoms with van der Waals surface area (Å²) in [4.78, 5) is 4.97. The Hall–Kier alpha value is 0.180. The Kier molecular flexibility index (Phi) is 5.82. The SMILES string of the molecule is CCSC(CC12CCC(CN(C(C)(C)C)C1)O2)N1CCS(=O)(=O)CC1. The highest BCUT2D eigenvalue weighted by molar-refractivity contribution is 7.99. The topological polar surface area (TPSA) is 49.9 Å². The summed E-state index contributed by atoms with van der Waals surface area (Å²) < 4.78 is 30.1. The summed E-state index contributed by atoms with van der Waals surface area (Å²) >= 11 is 1.95. The van der Waals surface area contributed by atoms with Gasteiger partial charge in [-0.2, -0.15) is 0 Å². The van der Waals surface area contributed by atoms with E-state index < -0.39 is 9.84 Å². The van der Waals surface area contributed by atoms with E-state index in [0.29, 0.717) is 36.1 Å². The monoisotopic (exact) mass is 390 g/mol. The number of sulfone groups is 1. The number of thioether (sulfide) groups is 1. The van der Waals surface area contributed by atoms with Crippen molar-refractivity contribution in [3.8, 4) is 0 Å². The van der Waals surface area contributed by atoms with Gasteiger partial charge in [-0.15, -0.1) is 11.8 Å². The van der Waals surface area contributed by atoms with Crippen LogP contribution in [0.25, 0.3) is 0 Å². The molecule has 0 radical (unpaired) electrons. The van der Waals surface area contributed by atoms with E-state index in [1.54, 1.807) is 0 Å². The van der Waals surface area contributed by atoms with E-state index in [-0.39, 0.29) is 11.1 Å². The molecular weight excluding hydrogens is 356 g/mol. The molecule has 0 N–H and O–H groups in total. The Morgan fingerprint density at radius 2 is 1.96 bits per heavy atom. The maximum Gasteiger partial charge on any atom is 0.152 e.